The molecule has 0 aliphatic carbocycles. The second-order valence-electron chi connectivity index (χ2n) is 8.05. The van der Waals surface area contributed by atoms with Crippen LogP contribution in [0.5, 0.6) is 0 Å². The lowest BCUT2D eigenvalue weighted by Gasteiger charge is -2.22. The Morgan fingerprint density at radius 3 is 2.03 bits per heavy atom. The van der Waals surface area contributed by atoms with E-state index in [1.54, 1.807) is 0 Å². The Morgan fingerprint density at radius 1 is 0.824 bits per heavy atom. The maximum absolute atomic E-state index is 11.3. The van der Waals surface area contributed by atoms with Crippen molar-refractivity contribution in [2.45, 2.75) is 42.7 Å². The highest BCUT2D eigenvalue weighted by atomic mass is 32.2. The standard InChI is InChI=1S/C27H31NO5S/c28-27(31)33-26(16-20-7-3-1-4-8-20)25(30)19-34-24-13-11-21(12-14-24)15-23(29)18-32-17-22-9-5-2-6-10-22/h1-14,23,25-26,29-30H,15-19H2,(H2,28,31)/t23-,25-,26-/m0/s1. The zero-order chi connectivity index (χ0) is 24.2. The van der Waals surface area contributed by atoms with Crippen LogP contribution in [0.15, 0.2) is 89.8 Å². The molecule has 4 N–H and O–H groups in total. The summed E-state index contributed by atoms with van der Waals surface area (Å²) in [5, 5.41) is 20.9. The van der Waals surface area contributed by atoms with Crippen LogP contribution >= 0.6 is 11.8 Å². The Bertz CT molecular complexity index is 985. The summed E-state index contributed by atoms with van der Waals surface area (Å²) >= 11 is 1.46. The highest BCUT2D eigenvalue weighted by molar-refractivity contribution is 7.99. The molecule has 0 unspecified atom stereocenters. The van der Waals surface area contributed by atoms with E-state index in [0.29, 0.717) is 25.2 Å². The van der Waals surface area contributed by atoms with Crippen LogP contribution in [0.25, 0.3) is 0 Å². The lowest BCUT2D eigenvalue weighted by Crippen LogP contribution is -2.36. The molecule has 0 radical (unpaired) electrons. The van der Waals surface area contributed by atoms with E-state index in [2.05, 4.69) is 0 Å². The van der Waals surface area contributed by atoms with Crippen LogP contribution in [0, 0.1) is 0 Å². The number of benzene rings is 3. The lowest BCUT2D eigenvalue weighted by molar-refractivity contribution is 0.0188. The van der Waals surface area contributed by atoms with Crippen molar-refractivity contribution >= 4 is 17.9 Å². The maximum Gasteiger partial charge on any atom is 0.404 e. The molecule has 1 amide bonds. The smallest absolute Gasteiger partial charge is 0.404 e. The van der Waals surface area contributed by atoms with E-state index in [9.17, 15) is 15.0 Å². The van der Waals surface area contributed by atoms with Gasteiger partial charge in [0.25, 0.3) is 0 Å². The normalized spacial score (nSPS) is 13.7. The molecule has 0 fully saturated rings. The van der Waals surface area contributed by atoms with Gasteiger partial charge in [0, 0.05) is 23.5 Å². The van der Waals surface area contributed by atoms with Crippen LogP contribution in [0.4, 0.5) is 4.79 Å². The first-order chi connectivity index (χ1) is 16.5. The number of aliphatic hydroxyl groups excluding tert-OH is 2. The maximum atomic E-state index is 11.3. The molecule has 0 bridgehead atoms. The van der Waals surface area contributed by atoms with Crippen LogP contribution in [0.3, 0.4) is 0 Å². The van der Waals surface area contributed by atoms with Crippen LogP contribution in [0.2, 0.25) is 0 Å². The van der Waals surface area contributed by atoms with Gasteiger partial charge in [-0.2, -0.15) is 0 Å². The second-order valence-corrected chi connectivity index (χ2v) is 9.14. The molecule has 0 saturated carbocycles. The van der Waals surface area contributed by atoms with Crippen molar-refractivity contribution in [2.75, 3.05) is 12.4 Å². The third kappa shape index (κ3) is 9.19. The first-order valence-corrected chi connectivity index (χ1v) is 12.2. The van der Waals surface area contributed by atoms with E-state index in [4.69, 9.17) is 15.2 Å². The molecule has 3 aromatic carbocycles. The second kappa shape index (κ2) is 13.8. The molecule has 34 heavy (non-hydrogen) atoms. The summed E-state index contributed by atoms with van der Waals surface area (Å²) in [6.07, 6.45) is -2.21. The van der Waals surface area contributed by atoms with E-state index in [1.165, 1.54) is 11.8 Å². The van der Waals surface area contributed by atoms with Gasteiger partial charge >= 0.3 is 6.09 Å². The molecule has 6 nitrogen and oxygen atoms in total. The minimum Gasteiger partial charge on any atom is -0.443 e. The van der Waals surface area contributed by atoms with Gasteiger partial charge in [-0.15, -0.1) is 11.8 Å². The minimum atomic E-state index is -0.902. The van der Waals surface area contributed by atoms with Gasteiger partial charge in [0.2, 0.25) is 0 Å². The van der Waals surface area contributed by atoms with Gasteiger partial charge in [-0.05, 0) is 28.8 Å². The van der Waals surface area contributed by atoms with Gasteiger partial charge in [0.15, 0.2) is 0 Å². The van der Waals surface area contributed by atoms with E-state index in [1.807, 2.05) is 84.9 Å². The fourth-order valence-corrected chi connectivity index (χ4v) is 4.39. The third-order valence-electron chi connectivity index (χ3n) is 5.21. The summed E-state index contributed by atoms with van der Waals surface area (Å²) in [5.41, 5.74) is 8.23. The molecule has 0 spiro atoms. The third-order valence-corrected chi connectivity index (χ3v) is 6.33. The van der Waals surface area contributed by atoms with Crippen LogP contribution in [0.1, 0.15) is 16.7 Å². The average molecular weight is 482 g/mol. The van der Waals surface area contributed by atoms with E-state index in [-0.39, 0.29) is 6.61 Å². The van der Waals surface area contributed by atoms with E-state index < -0.39 is 24.4 Å². The molecule has 0 aliphatic heterocycles. The average Bonchev–Trinajstić information content (AvgIpc) is 2.84. The Balaban J connectivity index is 1.44. The zero-order valence-corrected chi connectivity index (χ0v) is 19.8. The molecule has 0 saturated heterocycles. The summed E-state index contributed by atoms with van der Waals surface area (Å²) in [5.74, 6) is 0.347. The number of thioether (sulfide) groups is 1. The predicted octanol–water partition coefficient (Wildman–Crippen LogP) is 3.97. The number of carbonyl (C=O) groups excluding carboxylic acids is 1. The Morgan fingerprint density at radius 2 is 1.41 bits per heavy atom. The minimum absolute atomic E-state index is 0.264. The SMILES string of the molecule is NC(=O)O[C@@H](Cc1ccccc1)[C@@H](O)CSc1ccc(C[C@H](O)COCc2ccccc2)cc1. The molecule has 180 valence electrons. The first kappa shape index (κ1) is 25.8. The number of carbonyl (C=O) groups is 1. The van der Waals surface area contributed by atoms with E-state index in [0.717, 1.165) is 21.6 Å². The van der Waals surface area contributed by atoms with Gasteiger partial charge in [-0.1, -0.05) is 72.8 Å². The number of rotatable bonds is 13. The quantitative estimate of drug-likeness (QED) is 0.319. The number of hydrogen-bond acceptors (Lipinski definition) is 6. The van der Waals surface area contributed by atoms with Crippen molar-refractivity contribution in [3.63, 3.8) is 0 Å². The van der Waals surface area contributed by atoms with Crippen molar-refractivity contribution < 1.29 is 24.5 Å². The summed E-state index contributed by atoms with van der Waals surface area (Å²) in [6.45, 7) is 0.737. The molecule has 3 rings (SSSR count). The lowest BCUT2D eigenvalue weighted by atomic mass is 10.0. The molecule has 3 atom stereocenters. The molecular weight excluding hydrogens is 450 g/mol. The molecule has 0 aliphatic rings. The summed E-state index contributed by atoms with van der Waals surface area (Å²) in [6, 6.07) is 27.2. The van der Waals surface area contributed by atoms with Gasteiger partial charge in [0.1, 0.15) is 12.2 Å². The van der Waals surface area contributed by atoms with Crippen molar-refractivity contribution in [3.8, 4) is 0 Å². The molecule has 3 aromatic rings. The monoisotopic (exact) mass is 481 g/mol. The number of amides is 1. The van der Waals surface area contributed by atoms with Crippen molar-refractivity contribution in [1.29, 1.82) is 0 Å². The Labute approximate surface area is 204 Å². The molecule has 0 heterocycles. The number of primary amides is 1. The fourth-order valence-electron chi connectivity index (χ4n) is 3.48. The molecule has 0 aromatic heterocycles. The molecule has 7 heteroatoms. The number of aliphatic hydroxyl groups is 2. The highest BCUT2D eigenvalue weighted by Crippen LogP contribution is 2.22. The number of hydrogen-bond donors (Lipinski definition) is 3. The zero-order valence-electron chi connectivity index (χ0n) is 19.0. The van der Waals surface area contributed by atoms with Crippen LogP contribution in [-0.2, 0) is 28.9 Å². The summed E-state index contributed by atoms with van der Waals surface area (Å²) < 4.78 is 10.8. The van der Waals surface area contributed by atoms with Gasteiger partial charge in [-0.25, -0.2) is 4.79 Å². The fraction of sp³-hybridized carbons (Fsp3) is 0.296. The van der Waals surface area contributed by atoms with Crippen LogP contribution < -0.4 is 5.73 Å². The summed E-state index contributed by atoms with van der Waals surface area (Å²) in [7, 11) is 0. The molecular formula is C27H31NO5S. The van der Waals surface area contributed by atoms with Crippen molar-refractivity contribution in [2.24, 2.45) is 5.73 Å². The topological polar surface area (TPSA) is 102 Å². The Kier molecular flexibility index (Phi) is 10.4. The summed E-state index contributed by atoms with van der Waals surface area (Å²) in [4.78, 5) is 12.3. The largest absolute Gasteiger partial charge is 0.443 e. The predicted molar refractivity (Wildman–Crippen MR) is 134 cm³/mol. The van der Waals surface area contributed by atoms with Gasteiger partial charge < -0.3 is 25.4 Å². The van der Waals surface area contributed by atoms with Crippen molar-refractivity contribution in [1.82, 2.24) is 0 Å². The Hall–Kier alpha value is -2.84. The first-order valence-electron chi connectivity index (χ1n) is 11.2. The van der Waals surface area contributed by atoms with Crippen LogP contribution in [-0.4, -0.2) is 47.0 Å². The van der Waals surface area contributed by atoms with E-state index >= 15 is 0 Å². The highest BCUT2D eigenvalue weighted by Gasteiger charge is 2.23. The number of ether oxygens (including phenoxy) is 2. The van der Waals surface area contributed by atoms with Gasteiger partial charge in [-0.3, -0.25) is 0 Å². The van der Waals surface area contributed by atoms with Crippen molar-refractivity contribution in [3.05, 3.63) is 102 Å². The number of nitrogens with two attached hydrogens (primary N) is 1. The van der Waals surface area contributed by atoms with Gasteiger partial charge in [0.05, 0.1) is 19.3 Å².